The topological polar surface area (TPSA) is 44.5 Å². The molecule has 0 fully saturated rings. The van der Waals surface area contributed by atoms with Gasteiger partial charge in [-0.2, -0.15) is 0 Å². The molecule has 1 aromatic rings. The Morgan fingerprint density at radius 3 is 2.71 bits per heavy atom. The molecular formula is C14H23NO2. The summed E-state index contributed by atoms with van der Waals surface area (Å²) in [6.45, 7) is 5.56. The van der Waals surface area contributed by atoms with Crippen LogP contribution in [0.5, 0.6) is 11.5 Å². The molecule has 17 heavy (non-hydrogen) atoms. The minimum atomic E-state index is 0.467. The van der Waals surface area contributed by atoms with E-state index in [1.165, 1.54) is 12.8 Å². The van der Waals surface area contributed by atoms with Gasteiger partial charge in [0, 0.05) is 12.1 Å². The van der Waals surface area contributed by atoms with Gasteiger partial charge in [-0.1, -0.05) is 32.4 Å². The lowest BCUT2D eigenvalue weighted by molar-refractivity contribution is 0.238. The van der Waals surface area contributed by atoms with E-state index in [1.807, 2.05) is 18.2 Å². The Kier molecular flexibility index (Phi) is 5.84. The van der Waals surface area contributed by atoms with Gasteiger partial charge >= 0.3 is 0 Å². The van der Waals surface area contributed by atoms with Crippen molar-refractivity contribution in [2.75, 3.05) is 13.7 Å². The van der Waals surface area contributed by atoms with E-state index >= 15 is 0 Å². The van der Waals surface area contributed by atoms with E-state index in [0.717, 1.165) is 17.1 Å². The van der Waals surface area contributed by atoms with E-state index in [0.29, 0.717) is 19.1 Å². The molecular weight excluding hydrogens is 214 g/mol. The predicted molar refractivity (Wildman–Crippen MR) is 70.5 cm³/mol. The first-order chi connectivity index (χ1) is 8.22. The molecule has 1 rings (SSSR count). The van der Waals surface area contributed by atoms with E-state index in [2.05, 4.69) is 13.8 Å². The maximum absolute atomic E-state index is 5.86. The summed E-state index contributed by atoms with van der Waals surface area (Å²) >= 11 is 0. The van der Waals surface area contributed by atoms with Crippen LogP contribution in [0.3, 0.4) is 0 Å². The van der Waals surface area contributed by atoms with Crippen LogP contribution in [0.25, 0.3) is 0 Å². The molecule has 0 aromatic heterocycles. The highest BCUT2D eigenvalue weighted by atomic mass is 16.5. The van der Waals surface area contributed by atoms with Gasteiger partial charge < -0.3 is 15.2 Å². The van der Waals surface area contributed by atoms with Crippen LogP contribution in [-0.4, -0.2) is 13.7 Å². The van der Waals surface area contributed by atoms with Crippen LogP contribution in [0.4, 0.5) is 0 Å². The van der Waals surface area contributed by atoms with Crippen LogP contribution in [0.1, 0.15) is 32.3 Å². The van der Waals surface area contributed by atoms with E-state index in [-0.39, 0.29) is 0 Å². The number of para-hydroxylation sites is 1. The number of ether oxygens (including phenoxy) is 2. The molecule has 0 heterocycles. The highest BCUT2D eigenvalue weighted by molar-refractivity contribution is 5.46. The van der Waals surface area contributed by atoms with Gasteiger partial charge in [0.25, 0.3) is 0 Å². The molecule has 1 aromatic carbocycles. The second kappa shape index (κ2) is 7.17. The molecule has 1 atom stereocenters. The number of rotatable bonds is 7. The molecule has 0 aliphatic heterocycles. The molecule has 0 radical (unpaired) electrons. The Morgan fingerprint density at radius 2 is 2.12 bits per heavy atom. The van der Waals surface area contributed by atoms with Gasteiger partial charge in [0.1, 0.15) is 0 Å². The van der Waals surface area contributed by atoms with Crippen molar-refractivity contribution in [3.8, 4) is 11.5 Å². The monoisotopic (exact) mass is 237 g/mol. The maximum Gasteiger partial charge on any atom is 0.165 e. The summed E-state index contributed by atoms with van der Waals surface area (Å²) in [4.78, 5) is 0. The van der Waals surface area contributed by atoms with Crippen molar-refractivity contribution in [1.29, 1.82) is 0 Å². The van der Waals surface area contributed by atoms with Crippen molar-refractivity contribution in [3.63, 3.8) is 0 Å². The predicted octanol–water partition coefficient (Wildman–Crippen LogP) is 2.97. The Hall–Kier alpha value is -1.22. The minimum Gasteiger partial charge on any atom is -0.493 e. The molecule has 0 aliphatic carbocycles. The molecule has 0 amide bonds. The van der Waals surface area contributed by atoms with Crippen LogP contribution in [0.2, 0.25) is 0 Å². The molecule has 0 bridgehead atoms. The fourth-order valence-electron chi connectivity index (χ4n) is 1.85. The number of hydrogen-bond donors (Lipinski definition) is 1. The SMILES string of the molecule is CCCC(C)COc1c(CN)cccc1OC. The third-order valence-corrected chi connectivity index (χ3v) is 2.79. The standard InChI is InChI=1S/C14H23NO2/c1-4-6-11(2)10-17-14-12(9-15)7-5-8-13(14)16-3/h5,7-8,11H,4,6,9-10,15H2,1-3H3. The van der Waals surface area contributed by atoms with Gasteiger partial charge in [-0.3, -0.25) is 0 Å². The molecule has 0 saturated carbocycles. The Balaban J connectivity index is 2.74. The number of hydrogen-bond acceptors (Lipinski definition) is 3. The van der Waals surface area contributed by atoms with Crippen LogP contribution in [0, 0.1) is 5.92 Å². The summed E-state index contributed by atoms with van der Waals surface area (Å²) in [5.74, 6) is 2.10. The molecule has 96 valence electrons. The minimum absolute atomic E-state index is 0.467. The molecule has 0 spiro atoms. The summed E-state index contributed by atoms with van der Waals surface area (Å²) in [7, 11) is 1.65. The fourth-order valence-corrected chi connectivity index (χ4v) is 1.85. The average Bonchev–Trinajstić information content (AvgIpc) is 2.36. The van der Waals surface area contributed by atoms with Crippen molar-refractivity contribution in [1.82, 2.24) is 0 Å². The van der Waals surface area contributed by atoms with E-state index in [9.17, 15) is 0 Å². The first-order valence-electron chi connectivity index (χ1n) is 6.21. The smallest absolute Gasteiger partial charge is 0.165 e. The number of benzene rings is 1. The fraction of sp³-hybridized carbons (Fsp3) is 0.571. The van der Waals surface area contributed by atoms with Gasteiger partial charge in [0.05, 0.1) is 13.7 Å². The lowest BCUT2D eigenvalue weighted by Crippen LogP contribution is -2.11. The molecule has 0 aliphatic rings. The van der Waals surface area contributed by atoms with Crippen molar-refractivity contribution in [2.45, 2.75) is 33.2 Å². The van der Waals surface area contributed by atoms with Gasteiger partial charge in [-0.15, -0.1) is 0 Å². The van der Waals surface area contributed by atoms with Crippen LogP contribution in [-0.2, 0) is 6.54 Å². The number of nitrogens with two attached hydrogens (primary N) is 1. The summed E-state index contributed by atoms with van der Waals surface area (Å²) in [5.41, 5.74) is 6.70. The van der Waals surface area contributed by atoms with Crippen molar-refractivity contribution >= 4 is 0 Å². The first kappa shape index (κ1) is 13.8. The van der Waals surface area contributed by atoms with Gasteiger partial charge in [0.15, 0.2) is 11.5 Å². The van der Waals surface area contributed by atoms with Crippen molar-refractivity contribution < 1.29 is 9.47 Å². The van der Waals surface area contributed by atoms with Crippen molar-refractivity contribution in [3.05, 3.63) is 23.8 Å². The largest absolute Gasteiger partial charge is 0.493 e. The highest BCUT2D eigenvalue weighted by Gasteiger charge is 2.11. The summed E-state index contributed by atoms with van der Waals surface area (Å²) in [6, 6.07) is 5.81. The highest BCUT2D eigenvalue weighted by Crippen LogP contribution is 2.31. The third kappa shape index (κ3) is 3.93. The van der Waals surface area contributed by atoms with Crippen LogP contribution >= 0.6 is 0 Å². The van der Waals surface area contributed by atoms with Crippen LogP contribution in [0.15, 0.2) is 18.2 Å². The first-order valence-corrected chi connectivity index (χ1v) is 6.21. The zero-order valence-electron chi connectivity index (χ0n) is 11.0. The lowest BCUT2D eigenvalue weighted by atomic mass is 10.1. The molecule has 1 unspecified atom stereocenters. The Bertz CT molecular complexity index is 317. The summed E-state index contributed by atoms with van der Waals surface area (Å²) in [6.07, 6.45) is 2.35. The second-order valence-electron chi connectivity index (χ2n) is 4.36. The maximum atomic E-state index is 5.86. The quantitative estimate of drug-likeness (QED) is 0.793. The second-order valence-corrected chi connectivity index (χ2v) is 4.36. The summed E-state index contributed by atoms with van der Waals surface area (Å²) in [5, 5.41) is 0. The van der Waals surface area contributed by atoms with E-state index < -0.39 is 0 Å². The van der Waals surface area contributed by atoms with Gasteiger partial charge in [-0.05, 0) is 18.4 Å². The Labute approximate surface area is 104 Å². The lowest BCUT2D eigenvalue weighted by Gasteiger charge is -2.17. The van der Waals surface area contributed by atoms with Crippen LogP contribution < -0.4 is 15.2 Å². The molecule has 3 nitrogen and oxygen atoms in total. The van der Waals surface area contributed by atoms with Gasteiger partial charge in [0.2, 0.25) is 0 Å². The third-order valence-electron chi connectivity index (χ3n) is 2.79. The molecule has 3 heteroatoms. The van der Waals surface area contributed by atoms with E-state index in [1.54, 1.807) is 7.11 Å². The summed E-state index contributed by atoms with van der Waals surface area (Å²) < 4.78 is 11.2. The number of methoxy groups -OCH3 is 1. The molecule has 0 saturated heterocycles. The average molecular weight is 237 g/mol. The van der Waals surface area contributed by atoms with Gasteiger partial charge in [-0.25, -0.2) is 0 Å². The zero-order chi connectivity index (χ0) is 12.7. The molecule has 2 N–H and O–H groups in total. The van der Waals surface area contributed by atoms with Crippen molar-refractivity contribution in [2.24, 2.45) is 11.7 Å². The zero-order valence-corrected chi connectivity index (χ0v) is 11.0. The van der Waals surface area contributed by atoms with E-state index in [4.69, 9.17) is 15.2 Å². The normalized spacial score (nSPS) is 12.2. The Morgan fingerprint density at radius 1 is 1.35 bits per heavy atom.